The molecule has 1 aromatic carbocycles. The zero-order valence-corrected chi connectivity index (χ0v) is 7.44. The van der Waals surface area contributed by atoms with Gasteiger partial charge in [0.25, 0.3) is 0 Å². The minimum Gasteiger partial charge on any atom is -0.507 e. The molecule has 68 valence electrons. The van der Waals surface area contributed by atoms with Crippen LogP contribution in [0.4, 0.5) is 4.39 Å². The van der Waals surface area contributed by atoms with Crippen molar-refractivity contribution in [1.82, 2.24) is 0 Å². The molecule has 1 aromatic heterocycles. The fourth-order valence-electron chi connectivity index (χ4n) is 1.21. The van der Waals surface area contributed by atoms with Crippen LogP contribution in [0.25, 0.3) is 10.1 Å². The second-order valence-electron chi connectivity index (χ2n) is 2.68. The second-order valence-corrected chi connectivity index (χ2v) is 3.82. The molecule has 0 spiro atoms. The lowest BCUT2D eigenvalue weighted by molar-refractivity contribution is 0.285. The molecule has 0 aliphatic heterocycles. The largest absolute Gasteiger partial charge is 0.507 e. The van der Waals surface area contributed by atoms with Gasteiger partial charge in [0, 0.05) is 10.3 Å². The maximum Gasteiger partial charge on any atom is 0.141 e. The third-order valence-corrected chi connectivity index (χ3v) is 2.95. The summed E-state index contributed by atoms with van der Waals surface area (Å²) in [5.74, 6) is -0.315. The van der Waals surface area contributed by atoms with Gasteiger partial charge in [-0.15, -0.1) is 11.3 Å². The Hall–Kier alpha value is -1.13. The summed E-state index contributed by atoms with van der Waals surface area (Å²) in [6, 6.07) is 4.12. The highest BCUT2D eigenvalue weighted by molar-refractivity contribution is 7.19. The van der Waals surface area contributed by atoms with Crippen LogP contribution in [0.1, 0.15) is 4.88 Å². The van der Waals surface area contributed by atoms with E-state index in [4.69, 9.17) is 5.11 Å². The molecule has 0 radical (unpaired) electrons. The van der Waals surface area contributed by atoms with Gasteiger partial charge in [0.2, 0.25) is 0 Å². The number of halogens is 1. The van der Waals surface area contributed by atoms with Gasteiger partial charge in [-0.25, -0.2) is 4.39 Å². The molecule has 0 bridgehead atoms. The van der Waals surface area contributed by atoms with Crippen molar-refractivity contribution in [3.63, 3.8) is 0 Å². The van der Waals surface area contributed by atoms with E-state index in [0.29, 0.717) is 15.0 Å². The van der Waals surface area contributed by atoms with Crippen LogP contribution < -0.4 is 0 Å². The minimum atomic E-state index is -0.363. The van der Waals surface area contributed by atoms with Crippen molar-refractivity contribution >= 4 is 21.4 Å². The summed E-state index contributed by atoms with van der Waals surface area (Å²) in [5.41, 5.74) is 0. The molecule has 0 aliphatic rings. The zero-order valence-electron chi connectivity index (χ0n) is 6.62. The van der Waals surface area contributed by atoms with Crippen molar-refractivity contribution in [2.75, 3.05) is 0 Å². The van der Waals surface area contributed by atoms with E-state index in [-0.39, 0.29) is 18.2 Å². The van der Waals surface area contributed by atoms with Gasteiger partial charge in [-0.2, -0.15) is 0 Å². The predicted octanol–water partition coefficient (Wildman–Crippen LogP) is 2.24. The molecular weight excluding hydrogens is 191 g/mol. The van der Waals surface area contributed by atoms with E-state index in [9.17, 15) is 9.50 Å². The van der Waals surface area contributed by atoms with E-state index in [1.807, 2.05) is 0 Å². The van der Waals surface area contributed by atoms with Crippen LogP contribution in [0.5, 0.6) is 5.75 Å². The molecule has 0 saturated heterocycles. The van der Waals surface area contributed by atoms with Crippen LogP contribution in [0.2, 0.25) is 0 Å². The lowest BCUT2D eigenvalue weighted by Gasteiger charge is -1.93. The first-order chi connectivity index (χ1) is 6.22. The SMILES string of the molecule is OCc1cc2c(O)ccc(F)c2s1. The van der Waals surface area contributed by atoms with E-state index in [1.54, 1.807) is 6.07 Å². The van der Waals surface area contributed by atoms with Crippen molar-refractivity contribution in [2.24, 2.45) is 0 Å². The Morgan fingerprint density at radius 1 is 1.38 bits per heavy atom. The molecule has 0 saturated carbocycles. The molecule has 0 amide bonds. The molecule has 4 heteroatoms. The maximum atomic E-state index is 13.1. The first-order valence-corrected chi connectivity index (χ1v) is 4.55. The van der Waals surface area contributed by atoms with Crippen molar-refractivity contribution in [3.05, 3.63) is 28.9 Å². The van der Waals surface area contributed by atoms with Crippen LogP contribution in [0.15, 0.2) is 18.2 Å². The number of hydrogen-bond donors (Lipinski definition) is 2. The Bertz CT molecular complexity index is 411. The second kappa shape index (κ2) is 2.97. The van der Waals surface area contributed by atoms with Gasteiger partial charge in [0.15, 0.2) is 0 Å². The summed E-state index contributed by atoms with van der Waals surface area (Å²) < 4.78 is 13.5. The highest BCUT2D eigenvalue weighted by Crippen LogP contribution is 2.33. The fraction of sp³-hybridized carbons (Fsp3) is 0.111. The van der Waals surface area contributed by atoms with Gasteiger partial charge in [0.1, 0.15) is 11.6 Å². The highest BCUT2D eigenvalue weighted by atomic mass is 32.1. The summed E-state index contributed by atoms with van der Waals surface area (Å²) in [6.45, 7) is -0.127. The smallest absolute Gasteiger partial charge is 0.141 e. The molecule has 2 nitrogen and oxygen atoms in total. The van der Waals surface area contributed by atoms with Crippen molar-refractivity contribution in [2.45, 2.75) is 6.61 Å². The van der Waals surface area contributed by atoms with Gasteiger partial charge in [-0.3, -0.25) is 0 Å². The molecule has 2 N–H and O–H groups in total. The van der Waals surface area contributed by atoms with E-state index in [2.05, 4.69) is 0 Å². The number of fused-ring (bicyclic) bond motifs is 1. The number of benzene rings is 1. The number of aromatic hydroxyl groups is 1. The van der Waals surface area contributed by atoms with Crippen LogP contribution in [-0.2, 0) is 6.61 Å². The van der Waals surface area contributed by atoms with Crippen molar-refractivity contribution < 1.29 is 14.6 Å². The summed E-state index contributed by atoms with van der Waals surface area (Å²) in [7, 11) is 0. The molecule has 13 heavy (non-hydrogen) atoms. The molecule has 2 rings (SSSR count). The van der Waals surface area contributed by atoms with Crippen LogP contribution in [0.3, 0.4) is 0 Å². The normalized spacial score (nSPS) is 10.9. The van der Waals surface area contributed by atoms with E-state index in [0.717, 1.165) is 11.3 Å². The number of hydrogen-bond acceptors (Lipinski definition) is 3. The predicted molar refractivity (Wildman–Crippen MR) is 49.4 cm³/mol. The van der Waals surface area contributed by atoms with Crippen molar-refractivity contribution in [1.29, 1.82) is 0 Å². The molecule has 1 heterocycles. The fourth-order valence-corrected chi connectivity index (χ4v) is 2.15. The molecule has 0 unspecified atom stereocenters. The summed E-state index contributed by atoms with van der Waals surface area (Å²) >= 11 is 1.15. The summed E-state index contributed by atoms with van der Waals surface area (Å²) in [5, 5.41) is 18.7. The lowest BCUT2D eigenvalue weighted by Crippen LogP contribution is -1.72. The Balaban J connectivity index is 2.80. The quantitative estimate of drug-likeness (QED) is 0.737. The van der Waals surface area contributed by atoms with Gasteiger partial charge in [0.05, 0.1) is 11.3 Å². The standard InChI is InChI=1S/C9H7FO2S/c10-7-1-2-8(12)6-3-5(4-11)13-9(6)7/h1-3,11-12H,4H2. The first kappa shape index (κ1) is 8.47. The Kier molecular flexibility index (Phi) is 1.94. The van der Waals surface area contributed by atoms with Crippen LogP contribution in [0, 0.1) is 5.82 Å². The van der Waals surface area contributed by atoms with E-state index < -0.39 is 0 Å². The average Bonchev–Trinajstić information content (AvgIpc) is 2.56. The minimum absolute atomic E-state index is 0.0485. The molecule has 0 atom stereocenters. The van der Waals surface area contributed by atoms with Gasteiger partial charge in [-0.1, -0.05) is 0 Å². The number of aliphatic hydroxyl groups is 1. The Labute approximate surface area is 77.9 Å². The third kappa shape index (κ3) is 1.28. The Morgan fingerprint density at radius 3 is 2.77 bits per heavy atom. The topological polar surface area (TPSA) is 40.5 Å². The van der Waals surface area contributed by atoms with Crippen molar-refractivity contribution in [3.8, 4) is 5.75 Å². The number of aliphatic hydroxyl groups excluding tert-OH is 1. The first-order valence-electron chi connectivity index (χ1n) is 3.73. The van der Waals surface area contributed by atoms with Gasteiger partial charge >= 0.3 is 0 Å². The molecule has 0 fully saturated rings. The van der Waals surface area contributed by atoms with E-state index in [1.165, 1.54) is 12.1 Å². The zero-order chi connectivity index (χ0) is 9.42. The lowest BCUT2D eigenvalue weighted by atomic mass is 10.2. The highest BCUT2D eigenvalue weighted by Gasteiger charge is 2.09. The summed E-state index contributed by atoms with van der Waals surface area (Å²) in [6.07, 6.45) is 0. The molecule has 0 aliphatic carbocycles. The average molecular weight is 198 g/mol. The maximum absolute atomic E-state index is 13.1. The van der Waals surface area contributed by atoms with Crippen LogP contribution >= 0.6 is 11.3 Å². The van der Waals surface area contributed by atoms with Gasteiger partial charge < -0.3 is 10.2 Å². The number of phenolic OH excluding ortho intramolecular Hbond substituents is 1. The third-order valence-electron chi connectivity index (χ3n) is 1.82. The molecule has 2 aromatic rings. The molecular formula is C9H7FO2S. The van der Waals surface area contributed by atoms with Gasteiger partial charge in [-0.05, 0) is 18.2 Å². The number of phenols is 1. The number of thiophene rings is 1. The van der Waals surface area contributed by atoms with E-state index >= 15 is 0 Å². The monoisotopic (exact) mass is 198 g/mol. The summed E-state index contributed by atoms with van der Waals surface area (Å²) in [4.78, 5) is 0.649. The Morgan fingerprint density at radius 2 is 2.15 bits per heavy atom. The van der Waals surface area contributed by atoms with Crippen LogP contribution in [-0.4, -0.2) is 10.2 Å². The number of rotatable bonds is 1.